The van der Waals surface area contributed by atoms with Crippen LogP contribution >= 0.6 is 0 Å². The Morgan fingerprint density at radius 2 is 2.04 bits per heavy atom. The van der Waals surface area contributed by atoms with Gasteiger partial charge in [-0.3, -0.25) is 0 Å². The minimum absolute atomic E-state index is 0.358. The summed E-state index contributed by atoms with van der Waals surface area (Å²) in [6.07, 6.45) is -0.364. The molecule has 1 N–H and O–H groups in total. The summed E-state index contributed by atoms with van der Waals surface area (Å²) in [5.74, 6) is 1.08. The number of anilines is 2. The van der Waals surface area contributed by atoms with Gasteiger partial charge in [0, 0.05) is 11.3 Å². The van der Waals surface area contributed by atoms with Crippen molar-refractivity contribution < 1.29 is 13.2 Å². The minimum Gasteiger partial charge on any atom is -0.340 e. The first-order valence-electron chi connectivity index (χ1n) is 7.18. The minimum atomic E-state index is -4.37. The second kappa shape index (κ2) is 4.94. The molecule has 0 fully saturated rings. The first-order valence-corrected chi connectivity index (χ1v) is 7.18. The average molecular weight is 319 g/mol. The van der Waals surface area contributed by atoms with E-state index in [1.165, 1.54) is 16.9 Å². The number of hydrogen-bond donors (Lipinski definition) is 1. The standard InChI is InChI=1S/C15H12F3N5/c16-15(17,18)9-3-1-4-10(7-9)21-13-11-5-2-6-12(11)22-14-19-8-20-23(13)14/h1,3-4,7-8,21H,2,5-6H2. The molecule has 3 aromatic rings. The Labute approximate surface area is 129 Å². The number of hydrogen-bond acceptors (Lipinski definition) is 4. The lowest BCUT2D eigenvalue weighted by Gasteiger charge is -2.14. The Morgan fingerprint density at radius 3 is 2.87 bits per heavy atom. The normalized spacial score (nSPS) is 14.2. The second-order valence-electron chi connectivity index (χ2n) is 5.41. The van der Waals surface area contributed by atoms with Crippen LogP contribution < -0.4 is 5.32 Å². The Morgan fingerprint density at radius 1 is 1.17 bits per heavy atom. The molecule has 4 rings (SSSR count). The topological polar surface area (TPSA) is 55.1 Å². The van der Waals surface area contributed by atoms with Crippen LogP contribution in [0.25, 0.3) is 5.78 Å². The molecular formula is C15H12F3N5. The van der Waals surface area contributed by atoms with Crippen LogP contribution in [0.4, 0.5) is 24.7 Å². The van der Waals surface area contributed by atoms with Gasteiger partial charge in [-0.25, -0.2) is 4.98 Å². The number of nitrogens with zero attached hydrogens (tertiary/aromatic N) is 4. The third-order valence-corrected chi connectivity index (χ3v) is 3.90. The van der Waals surface area contributed by atoms with Crippen molar-refractivity contribution in [3.63, 3.8) is 0 Å². The fraction of sp³-hybridized carbons (Fsp3) is 0.267. The number of benzene rings is 1. The molecule has 5 nitrogen and oxygen atoms in total. The molecule has 118 valence electrons. The summed E-state index contributed by atoms with van der Waals surface area (Å²) in [5, 5.41) is 7.19. The zero-order chi connectivity index (χ0) is 16.0. The molecule has 1 aliphatic carbocycles. The molecule has 2 heterocycles. The fourth-order valence-electron chi connectivity index (χ4n) is 2.86. The van der Waals surface area contributed by atoms with Crippen LogP contribution in [0.5, 0.6) is 0 Å². The van der Waals surface area contributed by atoms with Gasteiger partial charge in [0.1, 0.15) is 12.1 Å². The van der Waals surface area contributed by atoms with Crippen molar-refractivity contribution >= 4 is 17.3 Å². The van der Waals surface area contributed by atoms with E-state index in [0.29, 0.717) is 17.3 Å². The second-order valence-corrected chi connectivity index (χ2v) is 5.41. The van der Waals surface area contributed by atoms with E-state index in [1.807, 2.05) is 0 Å². The lowest BCUT2D eigenvalue weighted by molar-refractivity contribution is -0.137. The summed E-state index contributed by atoms with van der Waals surface area (Å²) in [4.78, 5) is 8.52. The molecule has 0 saturated carbocycles. The number of aryl methyl sites for hydroxylation is 1. The Balaban J connectivity index is 1.81. The van der Waals surface area contributed by atoms with E-state index in [4.69, 9.17) is 0 Å². The van der Waals surface area contributed by atoms with Crippen molar-refractivity contribution in [2.45, 2.75) is 25.4 Å². The molecule has 0 unspecified atom stereocenters. The number of nitrogens with one attached hydrogen (secondary N) is 1. The summed E-state index contributed by atoms with van der Waals surface area (Å²) in [6, 6.07) is 5.11. The van der Waals surface area contributed by atoms with E-state index in [1.54, 1.807) is 6.07 Å². The van der Waals surface area contributed by atoms with Crippen LogP contribution in [-0.4, -0.2) is 19.6 Å². The molecule has 8 heteroatoms. The van der Waals surface area contributed by atoms with Gasteiger partial charge in [0.25, 0.3) is 5.78 Å². The van der Waals surface area contributed by atoms with Crippen LogP contribution in [0.2, 0.25) is 0 Å². The van der Waals surface area contributed by atoms with Crippen molar-refractivity contribution in [2.75, 3.05) is 5.32 Å². The van der Waals surface area contributed by atoms with Gasteiger partial charge in [-0.05, 0) is 37.5 Å². The first kappa shape index (κ1) is 14.0. The third kappa shape index (κ3) is 2.39. The summed E-state index contributed by atoms with van der Waals surface area (Å²) >= 11 is 0. The monoisotopic (exact) mass is 319 g/mol. The van der Waals surface area contributed by atoms with Crippen LogP contribution in [0.1, 0.15) is 23.2 Å². The average Bonchev–Trinajstić information content (AvgIpc) is 3.15. The largest absolute Gasteiger partial charge is 0.416 e. The lowest BCUT2D eigenvalue weighted by atomic mass is 10.2. The molecule has 2 aromatic heterocycles. The molecule has 0 saturated heterocycles. The van der Waals surface area contributed by atoms with Crippen molar-refractivity contribution in [3.8, 4) is 0 Å². The molecule has 23 heavy (non-hydrogen) atoms. The number of halogens is 3. The molecule has 0 spiro atoms. The highest BCUT2D eigenvalue weighted by Gasteiger charge is 2.30. The van der Waals surface area contributed by atoms with Gasteiger partial charge in [0.15, 0.2) is 0 Å². The van der Waals surface area contributed by atoms with Crippen molar-refractivity contribution in [1.82, 2.24) is 19.6 Å². The maximum absolute atomic E-state index is 12.9. The molecule has 0 bridgehead atoms. The quantitative estimate of drug-likeness (QED) is 0.787. The maximum Gasteiger partial charge on any atom is 0.416 e. The van der Waals surface area contributed by atoms with Gasteiger partial charge in [-0.2, -0.15) is 27.8 Å². The number of rotatable bonds is 2. The van der Waals surface area contributed by atoms with Gasteiger partial charge < -0.3 is 5.32 Å². The maximum atomic E-state index is 12.9. The molecule has 0 amide bonds. The van der Waals surface area contributed by atoms with E-state index in [-0.39, 0.29) is 0 Å². The Hall–Kier alpha value is -2.64. The van der Waals surface area contributed by atoms with Gasteiger partial charge in [0.2, 0.25) is 0 Å². The van der Waals surface area contributed by atoms with Gasteiger partial charge in [-0.1, -0.05) is 6.07 Å². The third-order valence-electron chi connectivity index (χ3n) is 3.90. The SMILES string of the molecule is FC(F)(F)c1cccc(Nc2c3c(nc4ncnn24)CCC3)c1. The lowest BCUT2D eigenvalue weighted by Crippen LogP contribution is -2.08. The van der Waals surface area contributed by atoms with Gasteiger partial charge in [0.05, 0.1) is 11.3 Å². The molecule has 1 aromatic carbocycles. The van der Waals surface area contributed by atoms with E-state index < -0.39 is 11.7 Å². The first-order chi connectivity index (χ1) is 11.0. The van der Waals surface area contributed by atoms with E-state index >= 15 is 0 Å². The van der Waals surface area contributed by atoms with Gasteiger partial charge >= 0.3 is 6.18 Å². The summed E-state index contributed by atoms with van der Waals surface area (Å²) in [6.45, 7) is 0. The van der Waals surface area contributed by atoms with Crippen molar-refractivity contribution in [2.24, 2.45) is 0 Å². The summed E-state index contributed by atoms with van der Waals surface area (Å²) in [5.41, 5.74) is 1.58. The van der Waals surface area contributed by atoms with Crippen molar-refractivity contribution in [1.29, 1.82) is 0 Å². The number of fused-ring (bicyclic) bond motifs is 2. The molecule has 0 aliphatic heterocycles. The highest BCUT2D eigenvalue weighted by molar-refractivity contribution is 5.64. The predicted molar refractivity (Wildman–Crippen MR) is 77.5 cm³/mol. The predicted octanol–water partition coefficient (Wildman–Crippen LogP) is 3.38. The van der Waals surface area contributed by atoms with Gasteiger partial charge in [-0.15, -0.1) is 0 Å². The highest BCUT2D eigenvalue weighted by Crippen LogP contribution is 2.33. The number of aromatic nitrogens is 4. The Bertz CT molecular complexity index is 884. The van der Waals surface area contributed by atoms with Crippen LogP contribution in [-0.2, 0) is 19.0 Å². The van der Waals surface area contributed by atoms with Crippen LogP contribution in [0.3, 0.4) is 0 Å². The van der Waals surface area contributed by atoms with E-state index in [2.05, 4.69) is 20.4 Å². The molecule has 1 aliphatic rings. The van der Waals surface area contributed by atoms with Crippen LogP contribution in [0, 0.1) is 0 Å². The fourth-order valence-corrected chi connectivity index (χ4v) is 2.86. The molecule has 0 radical (unpaired) electrons. The smallest absolute Gasteiger partial charge is 0.340 e. The number of alkyl halides is 3. The van der Waals surface area contributed by atoms with E-state index in [9.17, 15) is 13.2 Å². The molecular weight excluding hydrogens is 307 g/mol. The Kier molecular flexibility index (Phi) is 3.00. The highest BCUT2D eigenvalue weighted by atomic mass is 19.4. The summed E-state index contributed by atoms with van der Waals surface area (Å²) < 4.78 is 40.1. The van der Waals surface area contributed by atoms with Crippen molar-refractivity contribution in [3.05, 3.63) is 47.4 Å². The summed E-state index contributed by atoms with van der Waals surface area (Å²) in [7, 11) is 0. The molecule has 0 atom stereocenters. The van der Waals surface area contributed by atoms with Crippen LogP contribution in [0.15, 0.2) is 30.6 Å². The zero-order valence-corrected chi connectivity index (χ0v) is 11.9. The zero-order valence-electron chi connectivity index (χ0n) is 11.9. The van der Waals surface area contributed by atoms with E-state index in [0.717, 1.165) is 42.7 Å².